The molecule has 2 aromatic heterocycles. The monoisotopic (exact) mass is 400 g/mol. The van der Waals surface area contributed by atoms with Crippen LogP contribution in [0, 0.1) is 13.8 Å². The Kier molecular flexibility index (Phi) is 6.87. The molecule has 0 fully saturated rings. The van der Waals surface area contributed by atoms with Gasteiger partial charge >= 0.3 is 29.6 Å². The number of sulfonamides is 1. The maximum atomic E-state index is 12.6. The fourth-order valence-electron chi connectivity index (χ4n) is 2.70. The van der Waals surface area contributed by atoms with Gasteiger partial charge in [0, 0.05) is 23.4 Å². The molecule has 3 rings (SSSR count). The van der Waals surface area contributed by atoms with E-state index < -0.39 is 10.0 Å². The van der Waals surface area contributed by atoms with Crippen molar-refractivity contribution in [2.75, 3.05) is 14.2 Å². The Hall–Kier alpha value is -1.65. The number of nitrogens with zero attached hydrogens (tertiary/aromatic N) is 2. The van der Waals surface area contributed by atoms with Crippen LogP contribution < -0.4 is 14.2 Å². The Morgan fingerprint density at radius 3 is 2.59 bits per heavy atom. The third kappa shape index (κ3) is 4.44. The molecular formula is C17H21N4NaO4S. The predicted octanol–water partition coefficient (Wildman–Crippen LogP) is 1.42. The summed E-state index contributed by atoms with van der Waals surface area (Å²) in [5.41, 5.74) is 3.40. The van der Waals surface area contributed by atoms with E-state index in [2.05, 4.69) is 19.7 Å². The molecule has 0 aliphatic heterocycles. The number of imidazole rings is 1. The summed E-state index contributed by atoms with van der Waals surface area (Å²) in [7, 11) is -0.709. The van der Waals surface area contributed by atoms with Crippen LogP contribution in [0.15, 0.2) is 29.6 Å². The molecule has 27 heavy (non-hydrogen) atoms. The molecule has 2 N–H and O–H groups in total. The number of benzene rings is 1. The Bertz CT molecular complexity index is 1070. The van der Waals surface area contributed by atoms with Crippen molar-refractivity contribution in [2.45, 2.75) is 25.5 Å². The van der Waals surface area contributed by atoms with E-state index in [1.54, 1.807) is 31.5 Å². The van der Waals surface area contributed by atoms with Crippen LogP contribution in [0.25, 0.3) is 11.0 Å². The minimum atomic E-state index is -3.82. The van der Waals surface area contributed by atoms with Crippen LogP contribution in [0.4, 0.5) is 0 Å². The van der Waals surface area contributed by atoms with Gasteiger partial charge in [0.2, 0.25) is 5.16 Å². The molecule has 8 nitrogen and oxygen atoms in total. The molecule has 0 aliphatic carbocycles. The number of fused-ring (bicyclic) bond motifs is 1. The number of rotatable bonds is 6. The standard InChI is InChI=1S/C17H20N4O4S.Na.H/c1-10-8-18-15(11(2)16(10)25-4)9-19-26(22,23)17-20-13-6-5-12(24-3)7-14(13)21-17;;/h5-8,19H,9H2,1-4H3,(H,20,21);;. The van der Waals surface area contributed by atoms with E-state index >= 15 is 0 Å². The first-order valence-corrected chi connectivity index (χ1v) is 9.36. The van der Waals surface area contributed by atoms with Crippen molar-refractivity contribution in [3.8, 4) is 11.5 Å². The zero-order chi connectivity index (χ0) is 18.9. The summed E-state index contributed by atoms with van der Waals surface area (Å²) < 4.78 is 38.1. The summed E-state index contributed by atoms with van der Waals surface area (Å²) in [5.74, 6) is 1.30. The van der Waals surface area contributed by atoms with Crippen molar-refractivity contribution in [3.63, 3.8) is 0 Å². The van der Waals surface area contributed by atoms with Gasteiger partial charge in [-0.2, -0.15) is 0 Å². The van der Waals surface area contributed by atoms with Crippen LogP contribution in [-0.2, 0) is 16.6 Å². The maximum absolute atomic E-state index is 12.6. The third-order valence-corrected chi connectivity index (χ3v) is 5.33. The number of H-pyrrole nitrogens is 1. The van der Waals surface area contributed by atoms with E-state index in [1.165, 1.54) is 7.11 Å². The molecule has 0 aliphatic rings. The predicted molar refractivity (Wildman–Crippen MR) is 104 cm³/mol. The fourth-order valence-corrected chi connectivity index (χ4v) is 3.62. The number of methoxy groups -OCH3 is 2. The molecule has 0 saturated carbocycles. The van der Waals surface area contributed by atoms with Gasteiger partial charge < -0.3 is 14.5 Å². The molecule has 0 radical (unpaired) electrons. The van der Waals surface area contributed by atoms with Gasteiger partial charge in [0.15, 0.2) is 0 Å². The number of aromatic amines is 1. The first-order chi connectivity index (χ1) is 12.4. The number of aryl methyl sites for hydroxylation is 1. The zero-order valence-electron chi connectivity index (χ0n) is 15.0. The summed E-state index contributed by atoms with van der Waals surface area (Å²) in [6.07, 6.45) is 1.66. The number of pyridine rings is 1. The summed E-state index contributed by atoms with van der Waals surface area (Å²) in [6.45, 7) is 3.76. The van der Waals surface area contributed by atoms with Crippen LogP contribution in [-0.4, -0.2) is 67.1 Å². The molecule has 3 aromatic rings. The van der Waals surface area contributed by atoms with E-state index in [0.29, 0.717) is 28.2 Å². The molecule has 0 amide bonds. The normalized spacial score (nSPS) is 11.3. The quantitative estimate of drug-likeness (QED) is 0.606. The Morgan fingerprint density at radius 2 is 1.93 bits per heavy atom. The molecule has 0 unspecified atom stereocenters. The van der Waals surface area contributed by atoms with Crippen LogP contribution in [0.5, 0.6) is 11.5 Å². The zero-order valence-corrected chi connectivity index (χ0v) is 15.8. The van der Waals surface area contributed by atoms with Gasteiger partial charge in [-0.3, -0.25) is 4.98 Å². The first kappa shape index (κ1) is 21.6. The van der Waals surface area contributed by atoms with Crippen LogP contribution in [0.1, 0.15) is 16.8 Å². The van der Waals surface area contributed by atoms with Gasteiger partial charge in [0.25, 0.3) is 10.0 Å². The number of hydrogen-bond acceptors (Lipinski definition) is 6. The van der Waals surface area contributed by atoms with Gasteiger partial charge in [0.1, 0.15) is 11.5 Å². The van der Waals surface area contributed by atoms with Gasteiger partial charge in [0.05, 0.1) is 37.5 Å². The van der Waals surface area contributed by atoms with Crippen molar-refractivity contribution < 1.29 is 17.9 Å². The Labute approximate surface area is 180 Å². The second-order valence-corrected chi connectivity index (χ2v) is 7.48. The third-order valence-electron chi connectivity index (χ3n) is 4.10. The molecule has 0 atom stereocenters. The van der Waals surface area contributed by atoms with E-state index in [1.807, 2.05) is 13.8 Å². The molecular weight excluding hydrogens is 379 g/mol. The van der Waals surface area contributed by atoms with Crippen LogP contribution >= 0.6 is 0 Å². The summed E-state index contributed by atoms with van der Waals surface area (Å²) in [4.78, 5) is 11.2. The number of aromatic nitrogens is 3. The molecule has 2 heterocycles. The summed E-state index contributed by atoms with van der Waals surface area (Å²) >= 11 is 0. The van der Waals surface area contributed by atoms with E-state index in [9.17, 15) is 8.42 Å². The molecule has 0 saturated heterocycles. The first-order valence-electron chi connectivity index (χ1n) is 7.88. The van der Waals surface area contributed by atoms with Crippen LogP contribution in [0.2, 0.25) is 0 Å². The van der Waals surface area contributed by atoms with Gasteiger partial charge in [-0.05, 0) is 26.0 Å². The van der Waals surface area contributed by atoms with Crippen molar-refractivity contribution in [2.24, 2.45) is 0 Å². The molecule has 0 spiro atoms. The van der Waals surface area contributed by atoms with E-state index in [0.717, 1.165) is 11.1 Å². The average molecular weight is 400 g/mol. The molecule has 1 aromatic carbocycles. The molecule has 140 valence electrons. The van der Waals surface area contributed by atoms with Crippen molar-refractivity contribution in [1.29, 1.82) is 0 Å². The van der Waals surface area contributed by atoms with Gasteiger partial charge in [-0.25, -0.2) is 18.1 Å². The molecule has 0 bridgehead atoms. The average Bonchev–Trinajstić information content (AvgIpc) is 3.05. The van der Waals surface area contributed by atoms with Gasteiger partial charge in [-0.1, -0.05) is 0 Å². The second kappa shape index (κ2) is 8.57. The van der Waals surface area contributed by atoms with Gasteiger partial charge in [-0.15, -0.1) is 0 Å². The van der Waals surface area contributed by atoms with Crippen molar-refractivity contribution in [1.82, 2.24) is 19.7 Å². The topological polar surface area (TPSA) is 106 Å². The van der Waals surface area contributed by atoms with E-state index in [-0.39, 0.29) is 41.3 Å². The molecule has 10 heteroatoms. The Morgan fingerprint density at radius 1 is 1.19 bits per heavy atom. The van der Waals surface area contributed by atoms with E-state index in [4.69, 9.17) is 9.47 Å². The number of hydrogen-bond donors (Lipinski definition) is 2. The number of nitrogens with one attached hydrogen (secondary N) is 2. The van der Waals surface area contributed by atoms with Crippen molar-refractivity contribution >= 4 is 50.6 Å². The summed E-state index contributed by atoms with van der Waals surface area (Å²) in [6, 6.07) is 5.12. The summed E-state index contributed by atoms with van der Waals surface area (Å²) in [5, 5.41) is -0.155. The second-order valence-electron chi connectivity index (χ2n) is 5.80. The Balaban J connectivity index is 0.00000261. The van der Waals surface area contributed by atoms with Crippen molar-refractivity contribution in [3.05, 3.63) is 41.2 Å². The number of ether oxygens (including phenoxy) is 2. The van der Waals surface area contributed by atoms with Crippen LogP contribution in [0.3, 0.4) is 0 Å². The SMILES string of the molecule is COc1ccc2[nH]c(S(=O)(=O)NCc3ncc(C)c(OC)c3C)nc2c1.[NaH]. The minimum absolute atomic E-state index is 0. The fraction of sp³-hybridized carbons (Fsp3) is 0.294.